The quantitative estimate of drug-likeness (QED) is 0.326. The molecule has 0 spiro atoms. The van der Waals surface area contributed by atoms with Crippen LogP contribution in [0, 0.1) is 6.92 Å². The molecule has 10 heteroatoms. The van der Waals surface area contributed by atoms with E-state index in [-0.39, 0.29) is 29.5 Å². The van der Waals surface area contributed by atoms with Crippen molar-refractivity contribution in [3.63, 3.8) is 0 Å². The highest BCUT2D eigenvalue weighted by Gasteiger charge is 2.24. The normalized spacial score (nSPS) is 11.5. The Labute approximate surface area is 206 Å². The number of anilines is 1. The van der Waals surface area contributed by atoms with Crippen LogP contribution in [0.15, 0.2) is 65.8 Å². The first-order valence-electron chi connectivity index (χ1n) is 10.4. The van der Waals surface area contributed by atoms with Crippen LogP contribution in [0.4, 0.5) is 5.13 Å². The second kappa shape index (κ2) is 10.1. The molecule has 0 aliphatic rings. The van der Waals surface area contributed by atoms with Crippen molar-refractivity contribution in [3.05, 3.63) is 77.1 Å². The molecular weight excluding hydrogens is 494 g/mol. The van der Waals surface area contributed by atoms with Crippen LogP contribution in [0.3, 0.4) is 0 Å². The first-order chi connectivity index (χ1) is 16.3. The number of aromatic nitrogens is 2. The molecule has 0 saturated carbocycles. The van der Waals surface area contributed by atoms with Gasteiger partial charge in [0.1, 0.15) is 5.75 Å². The highest BCUT2D eigenvalue weighted by Crippen LogP contribution is 2.36. The molecule has 0 saturated heterocycles. The molecule has 0 radical (unpaired) electrons. The number of amides is 1. The van der Waals surface area contributed by atoms with Crippen LogP contribution < -0.4 is 9.64 Å². The molecule has 2 aromatic carbocycles. The first kappa shape index (κ1) is 24.1. The van der Waals surface area contributed by atoms with Gasteiger partial charge in [0.15, 0.2) is 15.0 Å². The molecule has 0 aliphatic carbocycles. The molecule has 34 heavy (non-hydrogen) atoms. The summed E-state index contributed by atoms with van der Waals surface area (Å²) in [5.74, 6) is -0.111. The van der Waals surface area contributed by atoms with E-state index in [0.29, 0.717) is 15.9 Å². The zero-order chi connectivity index (χ0) is 24.3. The van der Waals surface area contributed by atoms with Gasteiger partial charge in [0, 0.05) is 18.8 Å². The number of halogens is 1. The Balaban J connectivity index is 1.61. The van der Waals surface area contributed by atoms with Crippen LogP contribution in [0.2, 0.25) is 5.02 Å². The van der Waals surface area contributed by atoms with Gasteiger partial charge in [-0.15, -0.1) is 0 Å². The molecule has 4 aromatic rings. The van der Waals surface area contributed by atoms with Crippen molar-refractivity contribution in [2.24, 2.45) is 0 Å². The Morgan fingerprint density at radius 1 is 1.09 bits per heavy atom. The largest absolute Gasteiger partial charge is 0.497 e. The lowest BCUT2D eigenvalue weighted by Crippen LogP contribution is -2.31. The summed E-state index contributed by atoms with van der Waals surface area (Å²) >= 11 is 7.68. The molecular formula is C24H22ClN3O4S2. The van der Waals surface area contributed by atoms with Gasteiger partial charge in [0.25, 0.3) is 0 Å². The number of rotatable bonds is 8. The number of carbonyl (C=O) groups excluding carboxylic acids is 1. The molecule has 0 atom stereocenters. The number of carbonyl (C=O) groups is 1. The highest BCUT2D eigenvalue weighted by molar-refractivity contribution is 7.91. The van der Waals surface area contributed by atoms with Crippen molar-refractivity contribution in [1.82, 2.24) is 9.97 Å². The van der Waals surface area contributed by atoms with Crippen molar-refractivity contribution in [1.29, 1.82) is 0 Å². The SMILES string of the molecule is COc1ccc(S(=O)(=O)CCC(=O)N(Cc2ccncc2)c2nc3c(C)ccc(Cl)c3s2)cc1. The molecule has 7 nitrogen and oxygen atoms in total. The van der Waals surface area contributed by atoms with Crippen LogP contribution >= 0.6 is 22.9 Å². The van der Waals surface area contributed by atoms with E-state index < -0.39 is 9.84 Å². The minimum Gasteiger partial charge on any atom is -0.497 e. The summed E-state index contributed by atoms with van der Waals surface area (Å²) in [6.07, 6.45) is 3.10. The number of fused-ring (bicyclic) bond motifs is 1. The summed E-state index contributed by atoms with van der Waals surface area (Å²) in [4.78, 5) is 23.7. The number of ether oxygens (including phenoxy) is 1. The fourth-order valence-electron chi connectivity index (χ4n) is 3.40. The van der Waals surface area contributed by atoms with Gasteiger partial charge in [0.05, 0.1) is 39.5 Å². The summed E-state index contributed by atoms with van der Waals surface area (Å²) in [6.45, 7) is 2.17. The Morgan fingerprint density at radius 3 is 2.44 bits per heavy atom. The van der Waals surface area contributed by atoms with E-state index in [9.17, 15) is 13.2 Å². The summed E-state index contributed by atoms with van der Waals surface area (Å²) in [7, 11) is -2.15. The lowest BCUT2D eigenvalue weighted by atomic mass is 10.2. The second-order valence-corrected chi connectivity index (χ2v) is 11.1. The number of aryl methyl sites for hydroxylation is 1. The molecule has 1 amide bonds. The van der Waals surface area contributed by atoms with Crippen LogP contribution in [0.5, 0.6) is 5.75 Å². The van der Waals surface area contributed by atoms with Gasteiger partial charge < -0.3 is 4.74 Å². The maximum Gasteiger partial charge on any atom is 0.230 e. The molecule has 4 rings (SSSR count). The topological polar surface area (TPSA) is 89.5 Å². The lowest BCUT2D eigenvalue weighted by molar-refractivity contribution is -0.118. The van der Waals surface area contributed by atoms with E-state index in [1.165, 1.54) is 35.5 Å². The third kappa shape index (κ3) is 5.22. The Hall–Kier alpha value is -3.01. The number of nitrogens with zero attached hydrogens (tertiary/aromatic N) is 3. The predicted octanol–water partition coefficient (Wildman–Crippen LogP) is 5.06. The Morgan fingerprint density at radius 2 is 1.79 bits per heavy atom. The molecule has 0 unspecified atom stereocenters. The van der Waals surface area contributed by atoms with Gasteiger partial charge in [0.2, 0.25) is 5.91 Å². The first-order valence-corrected chi connectivity index (χ1v) is 13.2. The van der Waals surface area contributed by atoms with Crippen LogP contribution in [-0.4, -0.2) is 37.2 Å². The van der Waals surface area contributed by atoms with E-state index in [1.54, 1.807) is 42.7 Å². The van der Waals surface area contributed by atoms with E-state index in [0.717, 1.165) is 21.3 Å². The molecule has 176 valence electrons. The number of hydrogen-bond donors (Lipinski definition) is 0. The van der Waals surface area contributed by atoms with Crippen molar-refractivity contribution in [3.8, 4) is 5.75 Å². The summed E-state index contributed by atoms with van der Waals surface area (Å²) in [5.41, 5.74) is 2.52. The van der Waals surface area contributed by atoms with Crippen molar-refractivity contribution >= 4 is 54.0 Å². The maximum atomic E-state index is 13.3. The number of methoxy groups -OCH3 is 1. The lowest BCUT2D eigenvalue weighted by Gasteiger charge is -2.20. The van der Waals surface area contributed by atoms with E-state index in [2.05, 4.69) is 9.97 Å². The fraction of sp³-hybridized carbons (Fsp3) is 0.208. The van der Waals surface area contributed by atoms with Crippen molar-refractivity contribution in [2.75, 3.05) is 17.8 Å². The van der Waals surface area contributed by atoms with Gasteiger partial charge in [-0.1, -0.05) is 29.0 Å². The third-order valence-corrected chi connectivity index (χ3v) is 8.58. The fourth-order valence-corrected chi connectivity index (χ4v) is 5.96. The summed E-state index contributed by atoms with van der Waals surface area (Å²) < 4.78 is 31.5. The van der Waals surface area contributed by atoms with Gasteiger partial charge in [-0.3, -0.25) is 14.7 Å². The number of benzene rings is 2. The van der Waals surface area contributed by atoms with E-state index in [4.69, 9.17) is 16.3 Å². The zero-order valence-electron chi connectivity index (χ0n) is 18.6. The zero-order valence-corrected chi connectivity index (χ0v) is 21.0. The predicted molar refractivity (Wildman–Crippen MR) is 134 cm³/mol. The van der Waals surface area contributed by atoms with Gasteiger partial charge in [-0.2, -0.15) is 0 Å². The second-order valence-electron chi connectivity index (χ2n) is 7.62. The maximum absolute atomic E-state index is 13.3. The molecule has 0 bridgehead atoms. The average molecular weight is 516 g/mol. The molecule has 2 heterocycles. The number of sulfone groups is 1. The minimum absolute atomic E-state index is 0.143. The number of thiazole rings is 1. The molecule has 0 fully saturated rings. The van der Waals surface area contributed by atoms with Crippen LogP contribution in [0.25, 0.3) is 10.2 Å². The third-order valence-electron chi connectivity index (χ3n) is 5.31. The van der Waals surface area contributed by atoms with E-state index in [1.807, 2.05) is 13.0 Å². The van der Waals surface area contributed by atoms with Gasteiger partial charge in [-0.05, 0) is 60.5 Å². The summed E-state index contributed by atoms with van der Waals surface area (Å²) in [6, 6.07) is 13.4. The van der Waals surface area contributed by atoms with Gasteiger partial charge >= 0.3 is 0 Å². The number of hydrogen-bond acceptors (Lipinski definition) is 7. The smallest absolute Gasteiger partial charge is 0.230 e. The minimum atomic E-state index is -3.66. The molecule has 0 aliphatic heterocycles. The Kier molecular flexibility index (Phi) is 7.16. The molecule has 2 aromatic heterocycles. The monoisotopic (exact) mass is 515 g/mol. The van der Waals surface area contributed by atoms with Crippen molar-refractivity contribution in [2.45, 2.75) is 24.8 Å². The van der Waals surface area contributed by atoms with Crippen molar-refractivity contribution < 1.29 is 17.9 Å². The van der Waals surface area contributed by atoms with Crippen LogP contribution in [-0.2, 0) is 21.2 Å². The number of pyridine rings is 1. The average Bonchev–Trinajstić information content (AvgIpc) is 3.31. The van der Waals surface area contributed by atoms with Crippen LogP contribution in [0.1, 0.15) is 17.5 Å². The van der Waals surface area contributed by atoms with E-state index >= 15 is 0 Å². The Bertz CT molecular complexity index is 1380. The summed E-state index contributed by atoms with van der Waals surface area (Å²) in [5, 5.41) is 1.03. The standard InChI is InChI=1S/C24H22ClN3O4S2/c1-16-3-8-20(25)23-22(16)27-24(33-23)28(15-17-9-12-26-13-10-17)21(29)11-14-34(30,31)19-6-4-18(32-2)5-7-19/h3-10,12-13H,11,14-15H2,1-2H3. The molecule has 0 N–H and O–H groups in total. The van der Waals surface area contributed by atoms with Gasteiger partial charge in [-0.25, -0.2) is 13.4 Å². The highest BCUT2D eigenvalue weighted by atomic mass is 35.5.